The number of amides is 1. The monoisotopic (exact) mass is 344 g/mol. The van der Waals surface area contributed by atoms with Gasteiger partial charge in [-0.1, -0.05) is 36.9 Å². The zero-order valence-corrected chi connectivity index (χ0v) is 14.9. The van der Waals surface area contributed by atoms with Crippen LogP contribution in [0.15, 0.2) is 42.7 Å². The highest BCUT2D eigenvalue weighted by Crippen LogP contribution is 2.37. The Balaban J connectivity index is 2.08. The summed E-state index contributed by atoms with van der Waals surface area (Å²) in [7, 11) is 1.91. The van der Waals surface area contributed by atoms with E-state index in [0.717, 1.165) is 35.5 Å². The molecule has 24 heavy (non-hydrogen) atoms. The van der Waals surface area contributed by atoms with E-state index < -0.39 is 0 Å². The first kappa shape index (κ1) is 18.0. The Kier molecular flexibility index (Phi) is 6.40. The molecule has 2 rings (SSSR count). The maximum atomic E-state index is 12.5. The maximum absolute atomic E-state index is 12.5. The Labute approximate surface area is 147 Å². The fraction of sp³-hybridized carbons (Fsp3) is 0.278. The van der Waals surface area contributed by atoms with Crippen LogP contribution in [0.2, 0.25) is 0 Å². The zero-order valence-electron chi connectivity index (χ0n) is 14.1. The summed E-state index contributed by atoms with van der Waals surface area (Å²) < 4.78 is 0. The van der Waals surface area contributed by atoms with Gasteiger partial charge in [0, 0.05) is 11.4 Å². The van der Waals surface area contributed by atoms with Crippen molar-refractivity contribution in [3.63, 3.8) is 0 Å². The molecule has 0 aliphatic heterocycles. The largest absolute Gasteiger partial charge is 0.390 e. The van der Waals surface area contributed by atoms with Gasteiger partial charge >= 0.3 is 0 Å². The molecule has 2 aromatic rings. The fourth-order valence-corrected chi connectivity index (χ4v) is 3.51. The zero-order chi connectivity index (χ0) is 17.5. The molecule has 0 spiro atoms. The second-order valence-electron chi connectivity index (χ2n) is 5.48. The number of nitrogens with two attached hydrogens (primary N) is 1. The van der Waals surface area contributed by atoms with Crippen molar-refractivity contribution in [1.29, 1.82) is 0 Å². The molecule has 1 heterocycles. The lowest BCUT2D eigenvalue weighted by atomic mass is 10.1. The molecule has 0 atom stereocenters. The summed E-state index contributed by atoms with van der Waals surface area (Å²) >= 11 is 1.43. The second-order valence-corrected chi connectivity index (χ2v) is 6.53. The van der Waals surface area contributed by atoms with Gasteiger partial charge in [-0.2, -0.15) is 0 Å². The highest BCUT2D eigenvalue weighted by molar-refractivity contribution is 7.19. The molecule has 1 aromatic carbocycles. The lowest BCUT2D eigenvalue weighted by molar-refractivity contribution is 0.0964. The molecule has 1 amide bonds. The molecule has 0 fully saturated rings. The first-order valence-corrected chi connectivity index (χ1v) is 8.69. The van der Waals surface area contributed by atoms with Crippen molar-refractivity contribution in [2.75, 3.05) is 25.9 Å². The average Bonchev–Trinajstić information content (AvgIpc) is 2.87. The van der Waals surface area contributed by atoms with E-state index in [4.69, 9.17) is 5.73 Å². The van der Waals surface area contributed by atoms with Crippen LogP contribution in [0.25, 0.3) is 10.4 Å². The van der Waals surface area contributed by atoms with Gasteiger partial charge in [-0.15, -0.1) is 11.3 Å². The smallest absolute Gasteiger partial charge is 0.260 e. The van der Waals surface area contributed by atoms with E-state index in [0.29, 0.717) is 16.4 Å². The standard InChI is InChI=1S/C18H24N4OS/c1-12-15(18(23)22-13(2)21-11-7-10-20-3)17(19)24-16(12)14-8-5-4-6-9-14/h4-6,8-9,20-21H,2,7,10-11,19H2,1,3H3,(H,22,23). The van der Waals surface area contributed by atoms with Crippen molar-refractivity contribution in [3.8, 4) is 10.4 Å². The molecule has 5 N–H and O–H groups in total. The fourth-order valence-electron chi connectivity index (χ4n) is 2.43. The molecular weight excluding hydrogens is 320 g/mol. The van der Waals surface area contributed by atoms with Gasteiger partial charge in [0.2, 0.25) is 0 Å². The third-order valence-electron chi connectivity index (χ3n) is 3.64. The number of carbonyl (C=O) groups excluding carboxylic acids is 1. The topological polar surface area (TPSA) is 79.2 Å². The van der Waals surface area contributed by atoms with Crippen LogP contribution in [-0.2, 0) is 0 Å². The molecule has 0 saturated heterocycles. The Bertz CT molecular complexity index is 709. The van der Waals surface area contributed by atoms with E-state index in [9.17, 15) is 4.79 Å². The second kappa shape index (κ2) is 8.52. The van der Waals surface area contributed by atoms with Crippen molar-refractivity contribution in [2.45, 2.75) is 13.3 Å². The SMILES string of the molecule is C=C(NCCCNC)NC(=O)c1c(N)sc(-c2ccccc2)c1C. The van der Waals surface area contributed by atoms with Gasteiger partial charge in [0.15, 0.2) is 0 Å². The third-order valence-corrected chi connectivity index (χ3v) is 4.81. The van der Waals surface area contributed by atoms with Gasteiger partial charge in [0.25, 0.3) is 5.91 Å². The molecular formula is C18H24N4OS. The highest BCUT2D eigenvalue weighted by atomic mass is 32.1. The van der Waals surface area contributed by atoms with Gasteiger partial charge in [-0.05, 0) is 38.1 Å². The summed E-state index contributed by atoms with van der Waals surface area (Å²) in [5.41, 5.74) is 8.58. The van der Waals surface area contributed by atoms with Crippen molar-refractivity contribution in [3.05, 3.63) is 53.9 Å². The van der Waals surface area contributed by atoms with E-state index in [1.54, 1.807) is 0 Å². The Morgan fingerprint density at radius 2 is 1.96 bits per heavy atom. The van der Waals surface area contributed by atoms with Gasteiger partial charge in [-0.3, -0.25) is 4.79 Å². The molecule has 0 saturated carbocycles. The van der Waals surface area contributed by atoms with E-state index in [1.165, 1.54) is 11.3 Å². The Morgan fingerprint density at radius 1 is 1.25 bits per heavy atom. The third kappa shape index (κ3) is 4.37. The number of rotatable bonds is 8. The number of thiophene rings is 1. The molecule has 0 aliphatic carbocycles. The van der Waals surface area contributed by atoms with Crippen LogP contribution in [0, 0.1) is 6.92 Å². The quantitative estimate of drug-likeness (QED) is 0.555. The van der Waals surface area contributed by atoms with Crippen molar-refractivity contribution in [1.82, 2.24) is 16.0 Å². The number of hydrogen-bond donors (Lipinski definition) is 4. The normalized spacial score (nSPS) is 10.4. The molecule has 5 nitrogen and oxygen atoms in total. The predicted octanol–water partition coefficient (Wildman–Crippen LogP) is 2.71. The van der Waals surface area contributed by atoms with Crippen LogP contribution in [0.4, 0.5) is 5.00 Å². The van der Waals surface area contributed by atoms with Crippen LogP contribution in [-0.4, -0.2) is 26.0 Å². The number of carbonyl (C=O) groups is 1. The van der Waals surface area contributed by atoms with Crippen molar-refractivity contribution in [2.24, 2.45) is 0 Å². The maximum Gasteiger partial charge on any atom is 0.260 e. The van der Waals surface area contributed by atoms with Crippen LogP contribution < -0.4 is 21.7 Å². The lowest BCUT2D eigenvalue weighted by Crippen LogP contribution is -2.32. The van der Waals surface area contributed by atoms with Crippen LogP contribution in [0.1, 0.15) is 22.3 Å². The lowest BCUT2D eigenvalue weighted by Gasteiger charge is -2.11. The number of hydrogen-bond acceptors (Lipinski definition) is 5. The molecule has 6 heteroatoms. The van der Waals surface area contributed by atoms with E-state index in [2.05, 4.69) is 22.5 Å². The number of nitrogens with one attached hydrogen (secondary N) is 3. The average molecular weight is 344 g/mol. The van der Waals surface area contributed by atoms with Crippen molar-refractivity contribution < 1.29 is 4.79 Å². The Hall–Kier alpha value is -2.31. The summed E-state index contributed by atoms with van der Waals surface area (Å²) in [6.07, 6.45) is 0.948. The number of benzene rings is 1. The minimum Gasteiger partial charge on any atom is -0.390 e. The van der Waals surface area contributed by atoms with Crippen LogP contribution >= 0.6 is 11.3 Å². The van der Waals surface area contributed by atoms with Gasteiger partial charge in [0.05, 0.1) is 16.4 Å². The molecule has 128 valence electrons. The number of anilines is 1. The minimum absolute atomic E-state index is 0.227. The molecule has 0 bridgehead atoms. The summed E-state index contributed by atoms with van der Waals surface area (Å²) in [4.78, 5) is 13.6. The van der Waals surface area contributed by atoms with Crippen LogP contribution in [0.3, 0.4) is 0 Å². The predicted molar refractivity (Wildman–Crippen MR) is 102 cm³/mol. The first-order chi connectivity index (χ1) is 11.5. The summed E-state index contributed by atoms with van der Waals surface area (Å²) in [6, 6.07) is 9.94. The number of nitrogen functional groups attached to an aromatic ring is 1. The van der Waals surface area contributed by atoms with Gasteiger partial charge in [0.1, 0.15) is 0 Å². The molecule has 0 unspecified atom stereocenters. The van der Waals surface area contributed by atoms with E-state index in [1.807, 2.05) is 44.3 Å². The van der Waals surface area contributed by atoms with E-state index >= 15 is 0 Å². The molecule has 0 radical (unpaired) electrons. The van der Waals surface area contributed by atoms with Gasteiger partial charge < -0.3 is 21.7 Å². The first-order valence-electron chi connectivity index (χ1n) is 7.87. The Morgan fingerprint density at radius 3 is 2.62 bits per heavy atom. The van der Waals surface area contributed by atoms with E-state index in [-0.39, 0.29) is 5.91 Å². The molecule has 0 aliphatic rings. The summed E-state index contributed by atoms with van der Waals surface area (Å²) in [5.74, 6) is 0.261. The molecule has 1 aromatic heterocycles. The van der Waals surface area contributed by atoms with Crippen LogP contribution in [0.5, 0.6) is 0 Å². The van der Waals surface area contributed by atoms with Crippen molar-refractivity contribution >= 4 is 22.2 Å². The summed E-state index contributed by atoms with van der Waals surface area (Å²) in [5, 5.41) is 9.46. The van der Waals surface area contributed by atoms with Gasteiger partial charge in [-0.25, -0.2) is 0 Å². The minimum atomic E-state index is -0.227. The highest BCUT2D eigenvalue weighted by Gasteiger charge is 2.20. The summed E-state index contributed by atoms with van der Waals surface area (Å²) in [6.45, 7) is 7.42.